The summed E-state index contributed by atoms with van der Waals surface area (Å²) in [6.45, 7) is 2.40. The molecule has 2 aromatic rings. The Morgan fingerprint density at radius 3 is 2.61 bits per heavy atom. The van der Waals surface area contributed by atoms with Crippen molar-refractivity contribution >= 4 is 11.6 Å². The summed E-state index contributed by atoms with van der Waals surface area (Å²) in [6, 6.07) is 7.99. The van der Waals surface area contributed by atoms with Crippen LogP contribution in [0.25, 0.3) is 0 Å². The number of nitrogens with one attached hydrogen (secondary N) is 1. The summed E-state index contributed by atoms with van der Waals surface area (Å²) in [7, 11) is 0. The Labute approximate surface area is 135 Å². The van der Waals surface area contributed by atoms with Crippen LogP contribution in [0.3, 0.4) is 0 Å². The Hall–Kier alpha value is -2.43. The number of hydrogen-bond donors (Lipinski definition) is 1. The SMILES string of the molecule is O=C(NCc1ccc(F)cc1)c1cncc(N2CCCCC2)c1. The highest BCUT2D eigenvalue weighted by Gasteiger charge is 2.13. The molecular formula is C18H20FN3O. The zero-order chi connectivity index (χ0) is 16.1. The molecule has 1 aromatic carbocycles. The van der Waals surface area contributed by atoms with Crippen LogP contribution in [-0.4, -0.2) is 24.0 Å². The van der Waals surface area contributed by atoms with Gasteiger partial charge in [0.2, 0.25) is 0 Å². The lowest BCUT2D eigenvalue weighted by molar-refractivity contribution is 0.0950. The highest BCUT2D eigenvalue weighted by atomic mass is 19.1. The molecule has 0 bridgehead atoms. The molecule has 1 N–H and O–H groups in total. The van der Waals surface area contributed by atoms with E-state index in [1.165, 1.54) is 31.4 Å². The molecule has 1 saturated heterocycles. The lowest BCUT2D eigenvalue weighted by atomic mass is 10.1. The molecule has 1 amide bonds. The predicted molar refractivity (Wildman–Crippen MR) is 87.9 cm³/mol. The number of carbonyl (C=O) groups excluding carboxylic acids is 1. The average molecular weight is 313 g/mol. The maximum absolute atomic E-state index is 12.9. The summed E-state index contributed by atoms with van der Waals surface area (Å²) in [5, 5.41) is 2.84. The van der Waals surface area contributed by atoms with Gasteiger partial charge in [0.05, 0.1) is 17.4 Å². The van der Waals surface area contributed by atoms with Crippen LogP contribution < -0.4 is 10.2 Å². The van der Waals surface area contributed by atoms with Crippen LogP contribution in [0.1, 0.15) is 35.2 Å². The van der Waals surface area contributed by atoms with E-state index < -0.39 is 0 Å². The van der Waals surface area contributed by atoms with Crippen LogP contribution in [0.4, 0.5) is 10.1 Å². The second-order valence-corrected chi connectivity index (χ2v) is 5.79. The fourth-order valence-corrected chi connectivity index (χ4v) is 2.76. The lowest BCUT2D eigenvalue weighted by Crippen LogP contribution is -2.30. The van der Waals surface area contributed by atoms with E-state index in [9.17, 15) is 9.18 Å². The molecule has 0 atom stereocenters. The summed E-state index contributed by atoms with van der Waals surface area (Å²) >= 11 is 0. The van der Waals surface area contributed by atoms with Gasteiger partial charge in [0.1, 0.15) is 5.82 Å². The van der Waals surface area contributed by atoms with Crippen molar-refractivity contribution < 1.29 is 9.18 Å². The number of halogens is 1. The summed E-state index contributed by atoms with van der Waals surface area (Å²) < 4.78 is 12.9. The van der Waals surface area contributed by atoms with Gasteiger partial charge in [-0.2, -0.15) is 0 Å². The van der Waals surface area contributed by atoms with E-state index >= 15 is 0 Å². The molecular weight excluding hydrogens is 293 g/mol. The Morgan fingerprint density at radius 1 is 1.13 bits per heavy atom. The highest BCUT2D eigenvalue weighted by Crippen LogP contribution is 2.19. The van der Waals surface area contributed by atoms with Crippen LogP contribution >= 0.6 is 0 Å². The molecule has 0 spiro atoms. The van der Waals surface area contributed by atoms with Gasteiger partial charge in [-0.3, -0.25) is 9.78 Å². The number of pyridine rings is 1. The monoisotopic (exact) mass is 313 g/mol. The molecule has 5 heteroatoms. The molecule has 0 aliphatic carbocycles. The number of nitrogens with zero attached hydrogens (tertiary/aromatic N) is 2. The summed E-state index contributed by atoms with van der Waals surface area (Å²) in [4.78, 5) is 18.7. The standard InChI is InChI=1S/C18H20FN3O/c19-16-6-4-14(5-7-16)11-21-18(23)15-10-17(13-20-12-15)22-8-2-1-3-9-22/h4-7,10,12-13H,1-3,8-9,11H2,(H,21,23). The Bertz CT molecular complexity index is 666. The summed E-state index contributed by atoms with van der Waals surface area (Å²) in [6.07, 6.45) is 7.01. The van der Waals surface area contributed by atoms with E-state index in [4.69, 9.17) is 0 Å². The predicted octanol–water partition coefficient (Wildman–Crippen LogP) is 3.14. The second kappa shape index (κ2) is 7.22. The van der Waals surface area contributed by atoms with Crippen LogP contribution in [0.2, 0.25) is 0 Å². The lowest BCUT2D eigenvalue weighted by Gasteiger charge is -2.28. The van der Waals surface area contributed by atoms with Gasteiger partial charge in [0.15, 0.2) is 0 Å². The van der Waals surface area contributed by atoms with Gasteiger partial charge >= 0.3 is 0 Å². The number of rotatable bonds is 4. The fraction of sp³-hybridized carbons (Fsp3) is 0.333. The van der Waals surface area contributed by atoms with Gasteiger partial charge < -0.3 is 10.2 Å². The number of aromatic nitrogens is 1. The van der Waals surface area contributed by atoms with Gasteiger partial charge in [-0.05, 0) is 43.0 Å². The molecule has 0 unspecified atom stereocenters. The Balaban J connectivity index is 1.63. The number of amides is 1. The Kier molecular flexibility index (Phi) is 4.86. The molecule has 23 heavy (non-hydrogen) atoms. The van der Waals surface area contributed by atoms with Crippen LogP contribution in [-0.2, 0) is 6.54 Å². The normalized spacial score (nSPS) is 14.6. The number of hydrogen-bond acceptors (Lipinski definition) is 3. The number of anilines is 1. The van der Waals surface area contributed by atoms with Gasteiger partial charge in [-0.1, -0.05) is 12.1 Å². The molecule has 1 aliphatic rings. The van der Waals surface area contributed by atoms with Gasteiger partial charge in [-0.15, -0.1) is 0 Å². The largest absolute Gasteiger partial charge is 0.370 e. The van der Waals surface area contributed by atoms with Crippen molar-refractivity contribution in [2.75, 3.05) is 18.0 Å². The first-order valence-corrected chi connectivity index (χ1v) is 7.95. The van der Waals surface area contributed by atoms with E-state index in [1.54, 1.807) is 18.3 Å². The second-order valence-electron chi connectivity index (χ2n) is 5.79. The van der Waals surface area contributed by atoms with E-state index in [-0.39, 0.29) is 11.7 Å². The van der Waals surface area contributed by atoms with Crippen molar-refractivity contribution in [1.29, 1.82) is 0 Å². The smallest absolute Gasteiger partial charge is 0.253 e. The van der Waals surface area contributed by atoms with Crippen LogP contribution in [0.5, 0.6) is 0 Å². The van der Waals surface area contributed by atoms with Crippen molar-refractivity contribution in [1.82, 2.24) is 10.3 Å². The van der Waals surface area contributed by atoms with Gasteiger partial charge in [-0.25, -0.2) is 4.39 Å². The minimum absolute atomic E-state index is 0.166. The number of carbonyl (C=O) groups is 1. The van der Waals surface area contributed by atoms with E-state index in [2.05, 4.69) is 15.2 Å². The molecule has 1 fully saturated rings. The van der Waals surface area contributed by atoms with Gasteiger partial charge in [0.25, 0.3) is 5.91 Å². The van der Waals surface area contributed by atoms with Gasteiger partial charge in [0, 0.05) is 25.8 Å². The van der Waals surface area contributed by atoms with E-state index in [0.29, 0.717) is 12.1 Å². The summed E-state index contributed by atoms with van der Waals surface area (Å²) in [5.74, 6) is -0.445. The first-order chi connectivity index (χ1) is 11.2. The minimum atomic E-state index is -0.279. The maximum Gasteiger partial charge on any atom is 0.253 e. The third-order valence-electron chi connectivity index (χ3n) is 4.07. The van der Waals surface area contributed by atoms with Crippen LogP contribution in [0.15, 0.2) is 42.7 Å². The average Bonchev–Trinajstić information content (AvgIpc) is 2.62. The van der Waals surface area contributed by atoms with Crippen molar-refractivity contribution in [3.8, 4) is 0 Å². The quantitative estimate of drug-likeness (QED) is 0.943. The zero-order valence-electron chi connectivity index (χ0n) is 13.0. The number of benzene rings is 1. The third kappa shape index (κ3) is 4.06. The molecule has 0 saturated carbocycles. The molecule has 1 aliphatic heterocycles. The van der Waals surface area contributed by atoms with Crippen molar-refractivity contribution in [3.05, 3.63) is 59.7 Å². The maximum atomic E-state index is 12.9. The first-order valence-electron chi connectivity index (χ1n) is 7.95. The minimum Gasteiger partial charge on any atom is -0.370 e. The molecule has 4 nitrogen and oxygen atoms in total. The molecule has 0 radical (unpaired) electrons. The Morgan fingerprint density at radius 2 is 1.87 bits per heavy atom. The van der Waals surface area contributed by atoms with Crippen molar-refractivity contribution in [3.63, 3.8) is 0 Å². The molecule has 1 aromatic heterocycles. The third-order valence-corrected chi connectivity index (χ3v) is 4.07. The van der Waals surface area contributed by atoms with E-state index in [1.807, 2.05) is 12.3 Å². The topological polar surface area (TPSA) is 45.2 Å². The zero-order valence-corrected chi connectivity index (χ0v) is 13.0. The van der Waals surface area contributed by atoms with E-state index in [0.717, 1.165) is 24.3 Å². The van der Waals surface area contributed by atoms with Crippen molar-refractivity contribution in [2.45, 2.75) is 25.8 Å². The summed E-state index contributed by atoms with van der Waals surface area (Å²) in [5.41, 5.74) is 2.41. The molecule has 3 rings (SSSR count). The van der Waals surface area contributed by atoms with Crippen molar-refractivity contribution in [2.24, 2.45) is 0 Å². The first kappa shape index (κ1) is 15.5. The highest BCUT2D eigenvalue weighted by molar-refractivity contribution is 5.94. The van der Waals surface area contributed by atoms with Crippen LogP contribution in [0, 0.1) is 5.82 Å². The number of piperidine rings is 1. The fourth-order valence-electron chi connectivity index (χ4n) is 2.76. The molecule has 2 heterocycles. The molecule has 120 valence electrons.